The molecule has 0 saturated carbocycles. The molecule has 0 aliphatic heterocycles. The molecule has 0 radical (unpaired) electrons. The maximum Gasteiger partial charge on any atom is 0.137 e. The molecule has 0 fully saturated rings. The Kier molecular flexibility index (Phi) is 8.60. The van der Waals surface area contributed by atoms with Crippen molar-refractivity contribution in [1.29, 1.82) is 0 Å². The van der Waals surface area contributed by atoms with E-state index in [4.69, 9.17) is 4.42 Å². The average molecular weight is 845 g/mol. The van der Waals surface area contributed by atoms with Gasteiger partial charge in [-0.25, -0.2) is 0 Å². The van der Waals surface area contributed by atoms with Crippen LogP contribution in [0.15, 0.2) is 216 Å². The van der Waals surface area contributed by atoms with Gasteiger partial charge in [-0.3, -0.25) is 0 Å². The lowest BCUT2D eigenvalue weighted by atomic mass is 9.80. The van der Waals surface area contributed by atoms with E-state index in [9.17, 15) is 0 Å². The van der Waals surface area contributed by atoms with Crippen molar-refractivity contribution in [3.8, 4) is 39.1 Å². The number of para-hydroxylation sites is 2. The lowest BCUT2D eigenvalue weighted by Gasteiger charge is -2.29. The molecule has 312 valence electrons. The SMILES string of the molecule is CC1(C)C2=C(CCC=C2)c2c(N(c3c#cc(-c4ccc(-c5ccccc5)cc4)cc3)c3cccc4oc5ccc(-c6ccc7c(c6)c6ccccc6n7-c6ccccc6)cc5c34)cccc21. The third kappa shape index (κ3) is 5.92. The molecule has 0 atom stereocenters. The Morgan fingerprint density at radius 1 is 0.530 bits per heavy atom. The maximum atomic E-state index is 6.75. The van der Waals surface area contributed by atoms with Gasteiger partial charge < -0.3 is 13.9 Å². The van der Waals surface area contributed by atoms with E-state index in [1.54, 1.807) is 0 Å². The summed E-state index contributed by atoms with van der Waals surface area (Å²) in [6.45, 7) is 4.75. The summed E-state index contributed by atoms with van der Waals surface area (Å²) >= 11 is 0. The van der Waals surface area contributed by atoms with E-state index in [0.29, 0.717) is 0 Å². The average Bonchev–Trinajstić information content (AvgIpc) is 4.00. The highest BCUT2D eigenvalue weighted by Gasteiger charge is 2.39. The van der Waals surface area contributed by atoms with Crippen molar-refractivity contribution >= 4 is 66.4 Å². The van der Waals surface area contributed by atoms with Crippen molar-refractivity contribution in [3.63, 3.8) is 0 Å². The Hall–Kier alpha value is -8.32. The van der Waals surface area contributed by atoms with Crippen LogP contribution in [0.5, 0.6) is 0 Å². The molecular formula is C63H44N2O. The predicted octanol–water partition coefficient (Wildman–Crippen LogP) is 17.1. The van der Waals surface area contributed by atoms with E-state index in [2.05, 4.69) is 242 Å². The second kappa shape index (κ2) is 14.9. The molecular weight excluding hydrogens is 801 g/mol. The van der Waals surface area contributed by atoms with Gasteiger partial charge in [0.2, 0.25) is 0 Å². The number of rotatable bonds is 7. The lowest BCUT2D eigenvalue weighted by molar-refractivity contribution is 0.651. The van der Waals surface area contributed by atoms with Crippen LogP contribution in [-0.2, 0) is 5.41 Å². The first kappa shape index (κ1) is 38.2. The molecule has 0 spiro atoms. The molecule has 3 heteroatoms. The molecule has 0 saturated heterocycles. The lowest BCUT2D eigenvalue weighted by Crippen LogP contribution is -2.17. The number of nitrogens with zero attached hydrogens (tertiary/aromatic N) is 2. The van der Waals surface area contributed by atoms with Gasteiger partial charge in [0.25, 0.3) is 0 Å². The second-order valence-corrected chi connectivity index (χ2v) is 18.2. The number of aromatic nitrogens is 1. The van der Waals surface area contributed by atoms with Gasteiger partial charge in [0.1, 0.15) is 11.2 Å². The molecule has 2 aliphatic rings. The van der Waals surface area contributed by atoms with E-state index in [-0.39, 0.29) is 5.41 Å². The molecule has 11 aromatic rings. The smallest absolute Gasteiger partial charge is 0.137 e. The normalized spacial score (nSPS) is 14.0. The predicted molar refractivity (Wildman–Crippen MR) is 275 cm³/mol. The summed E-state index contributed by atoms with van der Waals surface area (Å²) in [4.78, 5) is 2.41. The fourth-order valence-electron chi connectivity index (χ4n) is 10.9. The molecule has 0 bridgehead atoms. The van der Waals surface area contributed by atoms with Crippen molar-refractivity contribution < 1.29 is 4.42 Å². The quantitative estimate of drug-likeness (QED) is 0.159. The highest BCUT2D eigenvalue weighted by molar-refractivity contribution is 6.15. The van der Waals surface area contributed by atoms with E-state index in [1.807, 2.05) is 0 Å². The Morgan fingerprint density at radius 2 is 1.21 bits per heavy atom. The van der Waals surface area contributed by atoms with Crippen LogP contribution < -0.4 is 4.90 Å². The summed E-state index contributed by atoms with van der Waals surface area (Å²) in [5.74, 6) is 0. The fourth-order valence-corrected chi connectivity index (χ4v) is 10.9. The summed E-state index contributed by atoms with van der Waals surface area (Å²) in [7, 11) is 0. The fraction of sp³-hybridized carbons (Fsp3) is 0.0794. The third-order valence-electron chi connectivity index (χ3n) is 14.1. The number of hydrogen-bond acceptors (Lipinski definition) is 2. The molecule has 3 nitrogen and oxygen atoms in total. The van der Waals surface area contributed by atoms with Crippen LogP contribution >= 0.6 is 0 Å². The van der Waals surface area contributed by atoms with Crippen molar-refractivity contribution in [1.82, 2.24) is 4.57 Å². The van der Waals surface area contributed by atoms with Crippen LogP contribution in [0.25, 0.3) is 88.4 Å². The van der Waals surface area contributed by atoms with Crippen molar-refractivity contribution in [2.75, 3.05) is 4.90 Å². The Balaban J connectivity index is 0.981. The minimum atomic E-state index is -0.118. The molecule has 0 N–H and O–H groups in total. The monoisotopic (exact) mass is 844 g/mol. The summed E-state index contributed by atoms with van der Waals surface area (Å²) in [6, 6.07) is 77.2. The van der Waals surface area contributed by atoms with E-state index < -0.39 is 0 Å². The van der Waals surface area contributed by atoms with Crippen LogP contribution in [0.3, 0.4) is 0 Å². The highest BCUT2D eigenvalue weighted by atomic mass is 16.3. The first-order chi connectivity index (χ1) is 32.5. The van der Waals surface area contributed by atoms with Crippen molar-refractivity contribution in [2.45, 2.75) is 32.1 Å². The zero-order valence-corrected chi connectivity index (χ0v) is 36.8. The van der Waals surface area contributed by atoms with Crippen molar-refractivity contribution in [2.24, 2.45) is 0 Å². The summed E-state index contributed by atoms with van der Waals surface area (Å²) in [5.41, 5.74) is 20.6. The molecule has 2 aliphatic carbocycles. The van der Waals surface area contributed by atoms with Gasteiger partial charge in [0, 0.05) is 38.4 Å². The summed E-state index contributed by atoms with van der Waals surface area (Å²) in [6.07, 6.45) is 6.75. The molecule has 2 heterocycles. The molecule has 0 unspecified atom stereocenters. The minimum absolute atomic E-state index is 0.118. The van der Waals surface area contributed by atoms with Gasteiger partial charge in [-0.1, -0.05) is 153 Å². The number of anilines is 3. The Bertz CT molecular complexity index is 3750. The largest absolute Gasteiger partial charge is 0.456 e. The standard InChI is InChI=1S/C63H44N2O/c1-63(2)53-21-11-9-20-50(53)61-54(63)22-13-24-57(61)65(48-35-31-44(32-36-48)43-29-27-42(28-30-43)41-15-5-3-6-16-41)58-25-14-26-60-62(58)52-40-46(34-38-59(52)66-60)45-33-37-56-51(39-45)49-19-10-12-23-55(49)64(56)47-17-7-4-8-18-47/h3-8,10-19,21-31,33-35,37-40H,9,20H2,1-2H3. The van der Waals surface area contributed by atoms with E-state index in [1.165, 1.54) is 55.2 Å². The summed E-state index contributed by atoms with van der Waals surface area (Å²) < 4.78 is 9.12. The maximum absolute atomic E-state index is 6.75. The van der Waals surface area contributed by atoms with Crippen LogP contribution in [0.4, 0.5) is 17.1 Å². The zero-order chi connectivity index (χ0) is 43.9. The zero-order valence-electron chi connectivity index (χ0n) is 36.8. The van der Waals surface area contributed by atoms with Gasteiger partial charge >= 0.3 is 0 Å². The summed E-state index contributed by atoms with van der Waals surface area (Å²) in [5, 5.41) is 4.60. The minimum Gasteiger partial charge on any atom is -0.456 e. The molecule has 13 rings (SSSR count). The topological polar surface area (TPSA) is 21.3 Å². The van der Waals surface area contributed by atoms with Crippen LogP contribution in [0.1, 0.15) is 37.8 Å². The molecule has 0 amide bonds. The number of fused-ring (bicyclic) bond motifs is 8. The third-order valence-corrected chi connectivity index (χ3v) is 14.1. The number of furan rings is 1. The van der Waals surface area contributed by atoms with E-state index in [0.717, 1.165) is 79.8 Å². The van der Waals surface area contributed by atoms with Gasteiger partial charge in [0.05, 0.1) is 33.5 Å². The van der Waals surface area contributed by atoms with Crippen molar-refractivity contribution in [3.05, 3.63) is 235 Å². The Labute approximate surface area is 384 Å². The highest BCUT2D eigenvalue weighted by Crippen LogP contribution is 2.55. The van der Waals surface area contributed by atoms with Gasteiger partial charge in [-0.2, -0.15) is 0 Å². The number of benzene rings is 8. The van der Waals surface area contributed by atoms with E-state index >= 15 is 0 Å². The van der Waals surface area contributed by atoms with Gasteiger partial charge in [-0.05, 0) is 136 Å². The molecule has 66 heavy (non-hydrogen) atoms. The van der Waals surface area contributed by atoms with Crippen LogP contribution in [-0.4, -0.2) is 4.57 Å². The Morgan fingerprint density at radius 3 is 2.03 bits per heavy atom. The van der Waals surface area contributed by atoms with Gasteiger partial charge in [0.15, 0.2) is 0 Å². The number of allylic oxidation sites excluding steroid dienone is 4. The molecule has 2 aromatic heterocycles. The molecule has 9 aromatic carbocycles. The van der Waals surface area contributed by atoms with Gasteiger partial charge in [-0.15, -0.1) is 0 Å². The second-order valence-electron chi connectivity index (χ2n) is 18.2. The number of hydrogen-bond donors (Lipinski definition) is 0. The van der Waals surface area contributed by atoms with Crippen LogP contribution in [0.2, 0.25) is 0 Å². The van der Waals surface area contributed by atoms with Crippen LogP contribution in [0, 0.1) is 12.1 Å². The first-order valence-corrected chi connectivity index (χ1v) is 23.0. The first-order valence-electron chi connectivity index (χ1n) is 23.0.